The fraction of sp³-hybridized carbons (Fsp3) is 0.615. The molecule has 1 fully saturated rings. The van der Waals surface area contributed by atoms with Crippen molar-refractivity contribution in [2.45, 2.75) is 25.1 Å². The van der Waals surface area contributed by atoms with Gasteiger partial charge in [0.15, 0.2) is 0 Å². The van der Waals surface area contributed by atoms with Crippen molar-refractivity contribution in [2.24, 2.45) is 0 Å². The lowest BCUT2D eigenvalue weighted by Gasteiger charge is -2.35. The molecule has 1 aliphatic heterocycles. The predicted octanol–water partition coefficient (Wildman–Crippen LogP) is 4.52. The van der Waals surface area contributed by atoms with E-state index in [1.165, 1.54) is 0 Å². The summed E-state index contributed by atoms with van der Waals surface area (Å²) in [5.74, 6) is 0. The van der Waals surface area contributed by atoms with E-state index < -0.39 is 18.6 Å². The topological polar surface area (TPSA) is 28.2 Å². The maximum atomic E-state index is 12.6. The summed E-state index contributed by atoms with van der Waals surface area (Å²) in [6.07, 6.45) is -5.06. The number of rotatable bonds is 4. The molecule has 0 aromatic carbocycles. The van der Waals surface area contributed by atoms with E-state index in [-0.39, 0.29) is 41.5 Å². The van der Waals surface area contributed by atoms with Crippen LogP contribution < -0.4 is 5.32 Å². The molecule has 2 heterocycles. The normalized spacial score (nSPS) is 17.1. The predicted molar refractivity (Wildman–Crippen MR) is 91.2 cm³/mol. The molecule has 1 saturated heterocycles. The maximum Gasteiger partial charge on any atom is 0.389 e. The van der Waals surface area contributed by atoms with Gasteiger partial charge >= 0.3 is 6.18 Å². The van der Waals surface area contributed by atoms with Crippen molar-refractivity contribution in [3.8, 4) is 0 Å². The van der Waals surface area contributed by atoms with E-state index in [2.05, 4.69) is 10.3 Å². The number of nitrogens with one attached hydrogen (secondary N) is 1. The molecule has 23 heavy (non-hydrogen) atoms. The van der Waals surface area contributed by atoms with Crippen molar-refractivity contribution >= 4 is 48.0 Å². The molecule has 1 aromatic heterocycles. The highest BCUT2D eigenvalue weighted by Gasteiger charge is 2.32. The number of nitrogens with zero attached hydrogens (tertiary/aromatic N) is 2. The quantitative estimate of drug-likeness (QED) is 0.734. The maximum absolute atomic E-state index is 12.6. The Labute approximate surface area is 155 Å². The van der Waals surface area contributed by atoms with Crippen LogP contribution in [0.5, 0.6) is 0 Å². The number of halogens is 7. The monoisotopic (exact) mass is 413 g/mol. The van der Waals surface area contributed by atoms with Gasteiger partial charge in [-0.05, 0) is 12.5 Å². The van der Waals surface area contributed by atoms with Crippen LogP contribution in [0.2, 0.25) is 10.3 Å². The number of hydrogen-bond acceptors (Lipinski definition) is 3. The van der Waals surface area contributed by atoms with E-state index in [0.717, 1.165) is 13.1 Å². The smallest absolute Gasteiger partial charge is 0.314 e. The average molecular weight is 415 g/mol. The van der Waals surface area contributed by atoms with Gasteiger partial charge in [-0.2, -0.15) is 13.2 Å². The summed E-state index contributed by atoms with van der Waals surface area (Å²) in [4.78, 5) is 5.95. The van der Waals surface area contributed by atoms with Crippen molar-refractivity contribution < 1.29 is 13.2 Å². The summed E-state index contributed by atoms with van der Waals surface area (Å²) in [5.41, 5.74) is 0.604. The molecule has 1 atom stereocenters. The first-order valence-electron chi connectivity index (χ1n) is 6.70. The molecule has 0 radical (unpaired) electrons. The Hall–Kier alpha value is 0.0200. The molecule has 0 amide bonds. The van der Waals surface area contributed by atoms with Gasteiger partial charge in [-0.1, -0.05) is 29.3 Å². The largest absolute Gasteiger partial charge is 0.389 e. The number of pyridine rings is 1. The number of hydrogen-bond donors (Lipinski definition) is 1. The van der Waals surface area contributed by atoms with Gasteiger partial charge < -0.3 is 5.32 Å². The van der Waals surface area contributed by atoms with Crippen LogP contribution in [0, 0.1) is 0 Å². The van der Waals surface area contributed by atoms with Crippen LogP contribution in [0.25, 0.3) is 0 Å². The molecule has 134 valence electrons. The number of alkyl halides is 3. The Kier molecular flexibility index (Phi) is 10.1. The van der Waals surface area contributed by atoms with E-state index in [9.17, 15) is 13.2 Å². The molecule has 0 bridgehead atoms. The molecule has 10 heteroatoms. The Balaban J connectivity index is 0.00000242. The minimum Gasteiger partial charge on any atom is -0.314 e. The summed E-state index contributed by atoms with van der Waals surface area (Å²) >= 11 is 11.8. The lowest BCUT2D eigenvalue weighted by atomic mass is 10.0. The van der Waals surface area contributed by atoms with Gasteiger partial charge in [-0.3, -0.25) is 4.90 Å². The van der Waals surface area contributed by atoms with Crippen LogP contribution >= 0.6 is 48.0 Å². The molecule has 2 rings (SSSR count). The second kappa shape index (κ2) is 10.1. The molecule has 1 N–H and O–H groups in total. The summed E-state index contributed by atoms with van der Waals surface area (Å²) in [6.45, 7) is 2.87. The number of aromatic nitrogens is 1. The minimum atomic E-state index is -4.18. The van der Waals surface area contributed by atoms with Crippen LogP contribution in [0.1, 0.15) is 24.4 Å². The first kappa shape index (κ1) is 23.0. The van der Waals surface area contributed by atoms with Crippen LogP contribution in [-0.2, 0) is 0 Å². The second-order valence-corrected chi connectivity index (χ2v) is 5.71. The molecule has 0 spiro atoms. The van der Waals surface area contributed by atoms with Crippen molar-refractivity contribution in [1.29, 1.82) is 0 Å². The van der Waals surface area contributed by atoms with Crippen LogP contribution in [0.3, 0.4) is 0 Å². The van der Waals surface area contributed by atoms with Crippen LogP contribution in [0.15, 0.2) is 12.1 Å². The number of piperazine rings is 1. The average Bonchev–Trinajstić information content (AvgIpc) is 2.41. The zero-order chi connectivity index (χ0) is 15.5. The summed E-state index contributed by atoms with van der Waals surface area (Å²) in [5, 5.41) is 3.59. The van der Waals surface area contributed by atoms with E-state index in [1.54, 1.807) is 12.1 Å². The fourth-order valence-electron chi connectivity index (χ4n) is 2.50. The Morgan fingerprint density at radius 1 is 1.17 bits per heavy atom. The van der Waals surface area contributed by atoms with Gasteiger partial charge in [-0.15, -0.1) is 24.8 Å². The van der Waals surface area contributed by atoms with Gasteiger partial charge in [0.1, 0.15) is 10.3 Å². The van der Waals surface area contributed by atoms with E-state index in [4.69, 9.17) is 23.2 Å². The summed E-state index contributed by atoms with van der Waals surface area (Å²) < 4.78 is 37.7. The first-order valence-corrected chi connectivity index (χ1v) is 7.46. The van der Waals surface area contributed by atoms with Gasteiger partial charge in [-0.25, -0.2) is 4.98 Å². The third-order valence-electron chi connectivity index (χ3n) is 3.50. The lowest BCUT2D eigenvalue weighted by molar-refractivity contribution is -0.138. The molecule has 1 aliphatic rings. The fourth-order valence-corrected chi connectivity index (χ4v) is 2.97. The van der Waals surface area contributed by atoms with Crippen molar-refractivity contribution in [3.63, 3.8) is 0 Å². The summed E-state index contributed by atoms with van der Waals surface area (Å²) in [7, 11) is 0. The highest BCUT2D eigenvalue weighted by molar-refractivity contribution is 6.32. The second-order valence-electron chi connectivity index (χ2n) is 4.97. The molecule has 1 aromatic rings. The molecule has 3 nitrogen and oxygen atoms in total. The standard InChI is InChI=1S/C13H16Cl2F3N3.2ClH/c14-11-2-1-9(12(15)20-11)10(3-4-13(16,17)18)21-7-5-19-6-8-21;;/h1-2,10,19H,3-8H2;2*1H/t10-;;/m0../s1. The highest BCUT2D eigenvalue weighted by atomic mass is 35.5. The Bertz CT molecular complexity index is 482. The van der Waals surface area contributed by atoms with Crippen molar-refractivity contribution in [1.82, 2.24) is 15.2 Å². The van der Waals surface area contributed by atoms with Crippen LogP contribution in [-0.4, -0.2) is 42.2 Å². The van der Waals surface area contributed by atoms with E-state index in [1.807, 2.05) is 4.90 Å². The van der Waals surface area contributed by atoms with Gasteiger partial charge in [0.25, 0.3) is 0 Å². The molecule has 0 unspecified atom stereocenters. The zero-order valence-corrected chi connectivity index (χ0v) is 15.2. The SMILES string of the molecule is Cl.Cl.FC(F)(F)CC[C@@H](c1ccc(Cl)nc1Cl)N1CCNCC1. The minimum absolute atomic E-state index is 0. The molecule has 0 saturated carbocycles. The van der Waals surface area contributed by atoms with Crippen molar-refractivity contribution in [2.75, 3.05) is 26.2 Å². The molecule has 0 aliphatic carbocycles. The lowest BCUT2D eigenvalue weighted by Crippen LogP contribution is -2.45. The molecular weight excluding hydrogens is 397 g/mol. The molecular formula is C13H18Cl4F3N3. The van der Waals surface area contributed by atoms with Crippen LogP contribution in [0.4, 0.5) is 13.2 Å². The van der Waals surface area contributed by atoms with Gasteiger partial charge in [0, 0.05) is 44.2 Å². The van der Waals surface area contributed by atoms with Gasteiger partial charge in [0.2, 0.25) is 0 Å². The highest BCUT2D eigenvalue weighted by Crippen LogP contribution is 2.34. The Morgan fingerprint density at radius 3 is 2.30 bits per heavy atom. The zero-order valence-electron chi connectivity index (χ0n) is 12.1. The summed E-state index contributed by atoms with van der Waals surface area (Å²) in [6, 6.07) is 2.83. The van der Waals surface area contributed by atoms with Gasteiger partial charge in [0.05, 0.1) is 0 Å². The van der Waals surface area contributed by atoms with E-state index >= 15 is 0 Å². The third kappa shape index (κ3) is 7.20. The van der Waals surface area contributed by atoms with E-state index in [0.29, 0.717) is 18.7 Å². The third-order valence-corrected chi connectivity index (χ3v) is 4.01. The first-order chi connectivity index (χ1) is 9.87. The van der Waals surface area contributed by atoms with Crippen molar-refractivity contribution in [3.05, 3.63) is 28.0 Å². The Morgan fingerprint density at radius 2 is 1.78 bits per heavy atom.